The summed E-state index contributed by atoms with van der Waals surface area (Å²) in [5, 5.41) is 2.66. The van der Waals surface area contributed by atoms with Gasteiger partial charge in [0.1, 0.15) is 0 Å². The Morgan fingerprint density at radius 3 is 2.00 bits per heavy atom. The van der Waals surface area contributed by atoms with Crippen molar-refractivity contribution < 1.29 is 0 Å². The molecule has 1 aromatic heterocycles. The lowest BCUT2D eigenvalue weighted by molar-refractivity contribution is 0.632. The van der Waals surface area contributed by atoms with E-state index in [2.05, 4.69) is 85.1 Å². The second-order valence-electron chi connectivity index (χ2n) is 7.71. The summed E-state index contributed by atoms with van der Waals surface area (Å²) in [6, 6.07) is 24.6. The topological polar surface area (TPSA) is 4.93 Å². The Balaban J connectivity index is 1.75. The van der Waals surface area contributed by atoms with E-state index in [9.17, 15) is 0 Å². The molecular weight excluding hydrogens is 326 g/mol. The molecule has 0 aliphatic heterocycles. The van der Waals surface area contributed by atoms with Crippen molar-refractivity contribution in [1.29, 1.82) is 0 Å². The largest absolute Gasteiger partial charge is 0.309 e. The number of rotatable bonds is 7. The molecule has 0 saturated carbocycles. The van der Waals surface area contributed by atoms with Crippen LogP contribution in [0.4, 0.5) is 0 Å². The molecule has 0 unspecified atom stereocenters. The van der Waals surface area contributed by atoms with Gasteiger partial charge in [0.2, 0.25) is 0 Å². The molecule has 138 valence electrons. The molecule has 1 heterocycles. The molecule has 1 heteroatoms. The summed E-state index contributed by atoms with van der Waals surface area (Å²) in [7, 11) is 0. The van der Waals surface area contributed by atoms with Crippen molar-refractivity contribution in [2.75, 3.05) is 0 Å². The first-order valence-electron chi connectivity index (χ1n) is 10.4. The fourth-order valence-electron chi connectivity index (χ4n) is 4.25. The average Bonchev–Trinajstić information content (AvgIpc) is 3.02. The molecule has 0 amide bonds. The SMILES string of the molecule is CCCCCCCc1cc(C)cc(-n2c3ccccc3c3ccccc32)c1. The summed E-state index contributed by atoms with van der Waals surface area (Å²) >= 11 is 0. The Labute approximate surface area is 162 Å². The predicted molar refractivity (Wildman–Crippen MR) is 118 cm³/mol. The third-order valence-corrected chi connectivity index (χ3v) is 5.53. The quantitative estimate of drug-likeness (QED) is 0.301. The number of fused-ring (bicyclic) bond motifs is 3. The number of hydrogen-bond acceptors (Lipinski definition) is 0. The van der Waals surface area contributed by atoms with Crippen molar-refractivity contribution >= 4 is 21.8 Å². The zero-order valence-corrected chi connectivity index (χ0v) is 16.5. The maximum Gasteiger partial charge on any atom is 0.0541 e. The number of para-hydroxylation sites is 2. The van der Waals surface area contributed by atoms with Crippen LogP contribution in [0.2, 0.25) is 0 Å². The maximum absolute atomic E-state index is 2.43. The third-order valence-electron chi connectivity index (χ3n) is 5.53. The van der Waals surface area contributed by atoms with Crippen molar-refractivity contribution in [1.82, 2.24) is 4.57 Å². The Kier molecular flexibility index (Phi) is 5.29. The van der Waals surface area contributed by atoms with Gasteiger partial charge in [-0.1, -0.05) is 75.1 Å². The second-order valence-corrected chi connectivity index (χ2v) is 7.71. The first kappa shape index (κ1) is 17.9. The van der Waals surface area contributed by atoms with Crippen LogP contribution in [0.1, 0.15) is 50.2 Å². The van der Waals surface area contributed by atoms with Gasteiger partial charge in [0.15, 0.2) is 0 Å². The smallest absolute Gasteiger partial charge is 0.0541 e. The summed E-state index contributed by atoms with van der Waals surface area (Å²) in [6.45, 7) is 4.50. The molecule has 0 bridgehead atoms. The maximum atomic E-state index is 2.43. The van der Waals surface area contributed by atoms with E-state index < -0.39 is 0 Å². The van der Waals surface area contributed by atoms with E-state index in [1.54, 1.807) is 0 Å². The van der Waals surface area contributed by atoms with Gasteiger partial charge in [-0.2, -0.15) is 0 Å². The van der Waals surface area contributed by atoms with Crippen LogP contribution in [0.3, 0.4) is 0 Å². The summed E-state index contributed by atoms with van der Waals surface area (Å²) < 4.78 is 2.43. The van der Waals surface area contributed by atoms with Crippen LogP contribution >= 0.6 is 0 Å². The van der Waals surface area contributed by atoms with Gasteiger partial charge in [-0.15, -0.1) is 0 Å². The lowest BCUT2D eigenvalue weighted by Crippen LogP contribution is -1.97. The molecule has 0 aliphatic carbocycles. The van der Waals surface area contributed by atoms with Crippen molar-refractivity contribution in [3.63, 3.8) is 0 Å². The van der Waals surface area contributed by atoms with Crippen molar-refractivity contribution in [3.8, 4) is 5.69 Å². The van der Waals surface area contributed by atoms with Crippen molar-refractivity contribution in [3.05, 3.63) is 77.9 Å². The highest BCUT2D eigenvalue weighted by Crippen LogP contribution is 2.32. The first-order valence-corrected chi connectivity index (χ1v) is 10.4. The number of unbranched alkanes of at least 4 members (excludes halogenated alkanes) is 4. The van der Waals surface area contributed by atoms with Gasteiger partial charge in [0.05, 0.1) is 11.0 Å². The molecule has 0 radical (unpaired) electrons. The first-order chi connectivity index (χ1) is 13.3. The van der Waals surface area contributed by atoms with Crippen LogP contribution < -0.4 is 0 Å². The highest BCUT2D eigenvalue weighted by atomic mass is 15.0. The zero-order chi connectivity index (χ0) is 18.6. The molecule has 4 aromatic rings. The second kappa shape index (κ2) is 8.00. The Morgan fingerprint density at radius 1 is 0.704 bits per heavy atom. The van der Waals surface area contributed by atoms with Gasteiger partial charge in [-0.05, 0) is 55.2 Å². The number of hydrogen-bond donors (Lipinski definition) is 0. The molecule has 27 heavy (non-hydrogen) atoms. The third kappa shape index (κ3) is 3.64. The van der Waals surface area contributed by atoms with Gasteiger partial charge in [0, 0.05) is 16.5 Å². The molecule has 0 saturated heterocycles. The van der Waals surface area contributed by atoms with Gasteiger partial charge >= 0.3 is 0 Å². The summed E-state index contributed by atoms with van der Waals surface area (Å²) in [6.07, 6.45) is 7.84. The molecule has 0 fully saturated rings. The number of benzene rings is 3. The van der Waals surface area contributed by atoms with Crippen molar-refractivity contribution in [2.24, 2.45) is 0 Å². The minimum absolute atomic E-state index is 1.18. The lowest BCUT2D eigenvalue weighted by atomic mass is 10.0. The number of aryl methyl sites for hydroxylation is 2. The van der Waals surface area contributed by atoms with E-state index in [1.807, 2.05) is 0 Å². The number of nitrogens with zero attached hydrogens (tertiary/aromatic N) is 1. The molecule has 1 nitrogen and oxygen atoms in total. The van der Waals surface area contributed by atoms with E-state index >= 15 is 0 Å². The minimum atomic E-state index is 1.18. The van der Waals surface area contributed by atoms with Crippen LogP contribution in [0, 0.1) is 6.92 Å². The van der Waals surface area contributed by atoms with Crippen LogP contribution in [0.15, 0.2) is 66.7 Å². The normalized spacial score (nSPS) is 11.5. The molecular formula is C26H29N. The van der Waals surface area contributed by atoms with Crippen LogP contribution in [-0.4, -0.2) is 4.57 Å². The molecule has 4 rings (SSSR count). The van der Waals surface area contributed by atoms with E-state index in [0.717, 1.165) is 0 Å². The molecule has 3 aromatic carbocycles. The Morgan fingerprint density at radius 2 is 1.33 bits per heavy atom. The lowest BCUT2D eigenvalue weighted by Gasteiger charge is -2.12. The highest BCUT2D eigenvalue weighted by molar-refractivity contribution is 6.09. The predicted octanol–water partition coefficient (Wildman–Crippen LogP) is 7.61. The summed E-state index contributed by atoms with van der Waals surface area (Å²) in [5.41, 5.74) is 6.67. The highest BCUT2D eigenvalue weighted by Gasteiger charge is 2.12. The van der Waals surface area contributed by atoms with Crippen LogP contribution in [-0.2, 0) is 6.42 Å². The summed E-state index contributed by atoms with van der Waals surface area (Å²) in [5.74, 6) is 0. The molecule has 0 spiro atoms. The van der Waals surface area contributed by atoms with Gasteiger partial charge in [-0.25, -0.2) is 0 Å². The van der Waals surface area contributed by atoms with E-state index in [-0.39, 0.29) is 0 Å². The van der Waals surface area contributed by atoms with E-state index in [1.165, 1.54) is 77.1 Å². The zero-order valence-electron chi connectivity index (χ0n) is 16.5. The van der Waals surface area contributed by atoms with Crippen LogP contribution in [0.5, 0.6) is 0 Å². The fraction of sp³-hybridized carbons (Fsp3) is 0.308. The van der Waals surface area contributed by atoms with Crippen LogP contribution in [0.25, 0.3) is 27.5 Å². The molecule has 0 atom stereocenters. The van der Waals surface area contributed by atoms with Crippen molar-refractivity contribution in [2.45, 2.75) is 52.4 Å². The average molecular weight is 356 g/mol. The molecule has 0 aliphatic rings. The Bertz CT molecular complexity index is 1000. The standard InChI is InChI=1S/C26H29N/c1-3-4-5-6-7-12-21-17-20(2)18-22(19-21)27-25-15-10-8-13-23(25)24-14-9-11-16-26(24)27/h8-11,13-19H,3-7,12H2,1-2H3. The summed E-state index contributed by atoms with van der Waals surface area (Å²) in [4.78, 5) is 0. The number of aromatic nitrogens is 1. The monoisotopic (exact) mass is 355 g/mol. The Hall–Kier alpha value is -2.54. The van der Waals surface area contributed by atoms with E-state index in [4.69, 9.17) is 0 Å². The minimum Gasteiger partial charge on any atom is -0.309 e. The van der Waals surface area contributed by atoms with Gasteiger partial charge in [0.25, 0.3) is 0 Å². The molecule has 0 N–H and O–H groups in total. The van der Waals surface area contributed by atoms with E-state index in [0.29, 0.717) is 0 Å². The van der Waals surface area contributed by atoms with Gasteiger partial charge < -0.3 is 4.57 Å². The fourth-order valence-corrected chi connectivity index (χ4v) is 4.25. The van der Waals surface area contributed by atoms with Gasteiger partial charge in [-0.3, -0.25) is 0 Å².